The zero-order valence-corrected chi connectivity index (χ0v) is 10.2. The minimum Gasteiger partial charge on any atom is -0.399 e. The molecule has 6 heteroatoms. The molecule has 0 saturated carbocycles. The lowest BCUT2D eigenvalue weighted by atomic mass is 10.2. The number of hydrogen-bond donors (Lipinski definition) is 4. The van der Waals surface area contributed by atoms with Crippen LogP contribution in [0.4, 0.5) is 11.4 Å². The Bertz CT molecular complexity index is 409. The molecule has 0 atom stereocenters. The van der Waals surface area contributed by atoms with Crippen molar-refractivity contribution in [1.82, 2.24) is 0 Å². The van der Waals surface area contributed by atoms with Crippen molar-refractivity contribution in [2.45, 2.75) is 19.3 Å². The maximum atomic E-state index is 11.6. The molecule has 1 aromatic carbocycles. The van der Waals surface area contributed by atoms with Gasteiger partial charge in [0.2, 0.25) is 5.91 Å². The first-order valence-electron chi connectivity index (χ1n) is 5.78. The molecule has 0 aliphatic rings. The van der Waals surface area contributed by atoms with E-state index in [-0.39, 0.29) is 11.9 Å². The van der Waals surface area contributed by atoms with Crippen molar-refractivity contribution < 1.29 is 4.79 Å². The number of guanidine groups is 1. The third-order valence-corrected chi connectivity index (χ3v) is 2.30. The predicted molar refractivity (Wildman–Crippen MR) is 74.0 cm³/mol. The summed E-state index contributed by atoms with van der Waals surface area (Å²) in [6, 6.07) is 7.03. The monoisotopic (exact) mass is 249 g/mol. The molecule has 7 N–H and O–H groups in total. The number of anilines is 2. The second-order valence-corrected chi connectivity index (χ2v) is 3.93. The Morgan fingerprint density at radius 2 is 1.83 bits per heavy atom. The SMILES string of the molecule is NC(N)=NCCCCC(=O)Nc1ccc(N)cc1. The first kappa shape index (κ1) is 13.8. The minimum absolute atomic E-state index is 0.0236. The smallest absolute Gasteiger partial charge is 0.224 e. The molecule has 0 radical (unpaired) electrons. The summed E-state index contributed by atoms with van der Waals surface area (Å²) < 4.78 is 0. The van der Waals surface area contributed by atoms with Gasteiger partial charge in [-0.3, -0.25) is 9.79 Å². The number of benzene rings is 1. The van der Waals surface area contributed by atoms with Crippen molar-refractivity contribution in [2.24, 2.45) is 16.5 Å². The number of nitrogens with two attached hydrogens (primary N) is 3. The third kappa shape index (κ3) is 5.74. The Balaban J connectivity index is 2.21. The minimum atomic E-state index is -0.0236. The fourth-order valence-corrected chi connectivity index (χ4v) is 1.40. The van der Waals surface area contributed by atoms with Crippen LogP contribution in [0.5, 0.6) is 0 Å². The molecule has 6 nitrogen and oxygen atoms in total. The average molecular weight is 249 g/mol. The van der Waals surface area contributed by atoms with Gasteiger partial charge in [0, 0.05) is 24.3 Å². The number of nitrogen functional groups attached to an aromatic ring is 1. The molecule has 0 heterocycles. The Morgan fingerprint density at radius 1 is 1.17 bits per heavy atom. The maximum Gasteiger partial charge on any atom is 0.224 e. The number of unbranched alkanes of at least 4 members (excludes halogenated alkanes) is 1. The standard InChI is InChI=1S/C12H19N5O/c13-9-4-6-10(7-5-9)17-11(18)3-1-2-8-16-12(14)15/h4-7H,1-3,8,13H2,(H,17,18)(H4,14,15,16). The summed E-state index contributed by atoms with van der Waals surface area (Å²) in [5.41, 5.74) is 17.3. The zero-order chi connectivity index (χ0) is 13.4. The Hall–Kier alpha value is -2.24. The summed E-state index contributed by atoms with van der Waals surface area (Å²) in [6.45, 7) is 0.553. The normalized spacial score (nSPS) is 9.78. The van der Waals surface area contributed by atoms with Crippen molar-refractivity contribution >= 4 is 23.2 Å². The Kier molecular flexibility index (Phi) is 5.50. The van der Waals surface area contributed by atoms with Gasteiger partial charge in [0.05, 0.1) is 0 Å². The molecule has 0 fully saturated rings. The van der Waals surface area contributed by atoms with Gasteiger partial charge in [0.25, 0.3) is 0 Å². The largest absolute Gasteiger partial charge is 0.399 e. The lowest BCUT2D eigenvalue weighted by molar-refractivity contribution is -0.116. The molecule has 0 bridgehead atoms. The number of amides is 1. The van der Waals surface area contributed by atoms with Crippen LogP contribution in [0.15, 0.2) is 29.3 Å². The van der Waals surface area contributed by atoms with Gasteiger partial charge in [-0.25, -0.2) is 0 Å². The highest BCUT2D eigenvalue weighted by atomic mass is 16.1. The van der Waals surface area contributed by atoms with Gasteiger partial charge in [-0.1, -0.05) is 0 Å². The van der Waals surface area contributed by atoms with Gasteiger partial charge in [-0.2, -0.15) is 0 Å². The highest BCUT2D eigenvalue weighted by molar-refractivity contribution is 5.90. The van der Waals surface area contributed by atoms with E-state index < -0.39 is 0 Å². The molecule has 1 aromatic rings. The van der Waals surface area contributed by atoms with Crippen LogP contribution in [0.3, 0.4) is 0 Å². The van der Waals surface area contributed by atoms with Gasteiger partial charge < -0.3 is 22.5 Å². The molecule has 0 unspecified atom stereocenters. The number of nitrogens with zero attached hydrogens (tertiary/aromatic N) is 1. The van der Waals surface area contributed by atoms with Gasteiger partial charge in [0.15, 0.2) is 5.96 Å². The van der Waals surface area contributed by atoms with Crippen molar-refractivity contribution in [2.75, 3.05) is 17.6 Å². The summed E-state index contributed by atoms with van der Waals surface area (Å²) in [5, 5.41) is 2.79. The number of carbonyl (C=O) groups is 1. The van der Waals surface area contributed by atoms with Gasteiger partial charge >= 0.3 is 0 Å². The summed E-state index contributed by atoms with van der Waals surface area (Å²) >= 11 is 0. The van der Waals surface area contributed by atoms with Gasteiger partial charge in [-0.15, -0.1) is 0 Å². The Labute approximate surface area is 106 Å². The molecule has 1 amide bonds. The van der Waals surface area contributed by atoms with E-state index in [2.05, 4.69) is 10.3 Å². The topological polar surface area (TPSA) is 120 Å². The van der Waals surface area contributed by atoms with Gasteiger partial charge in [0.1, 0.15) is 0 Å². The van der Waals surface area contributed by atoms with Crippen LogP contribution in [-0.4, -0.2) is 18.4 Å². The molecule has 98 valence electrons. The molecule has 0 aromatic heterocycles. The molecular weight excluding hydrogens is 230 g/mol. The van der Waals surface area contributed by atoms with E-state index in [4.69, 9.17) is 17.2 Å². The van der Waals surface area contributed by atoms with Crippen molar-refractivity contribution in [3.8, 4) is 0 Å². The number of rotatable bonds is 6. The molecule has 0 saturated heterocycles. The van der Waals surface area contributed by atoms with E-state index in [1.807, 2.05) is 0 Å². The number of hydrogen-bond acceptors (Lipinski definition) is 3. The molecule has 1 rings (SSSR count). The van der Waals surface area contributed by atoms with Crippen LogP contribution < -0.4 is 22.5 Å². The fourth-order valence-electron chi connectivity index (χ4n) is 1.40. The van der Waals surface area contributed by atoms with E-state index in [1.54, 1.807) is 24.3 Å². The predicted octanol–water partition coefficient (Wildman–Crippen LogP) is 0.651. The number of aliphatic imine (C=N–C) groups is 1. The second-order valence-electron chi connectivity index (χ2n) is 3.93. The highest BCUT2D eigenvalue weighted by Crippen LogP contribution is 2.11. The number of nitrogens with one attached hydrogen (secondary N) is 1. The summed E-state index contributed by atoms with van der Waals surface area (Å²) in [7, 11) is 0. The Morgan fingerprint density at radius 3 is 2.44 bits per heavy atom. The highest BCUT2D eigenvalue weighted by Gasteiger charge is 2.01. The molecule has 0 aliphatic heterocycles. The van der Waals surface area contributed by atoms with Crippen LogP contribution in [0.1, 0.15) is 19.3 Å². The van der Waals surface area contributed by atoms with E-state index >= 15 is 0 Å². The van der Waals surface area contributed by atoms with Crippen molar-refractivity contribution in [3.05, 3.63) is 24.3 Å². The van der Waals surface area contributed by atoms with Crippen molar-refractivity contribution in [3.63, 3.8) is 0 Å². The first-order chi connectivity index (χ1) is 8.58. The second kappa shape index (κ2) is 7.16. The van der Waals surface area contributed by atoms with Gasteiger partial charge in [-0.05, 0) is 37.1 Å². The molecule has 0 aliphatic carbocycles. The zero-order valence-electron chi connectivity index (χ0n) is 10.2. The molecule has 18 heavy (non-hydrogen) atoms. The van der Waals surface area contributed by atoms with Crippen LogP contribution in [0.25, 0.3) is 0 Å². The third-order valence-electron chi connectivity index (χ3n) is 2.30. The maximum absolute atomic E-state index is 11.6. The summed E-state index contributed by atoms with van der Waals surface area (Å²) in [5.74, 6) is 0.0609. The van der Waals surface area contributed by atoms with E-state index in [1.165, 1.54) is 0 Å². The lowest BCUT2D eigenvalue weighted by Crippen LogP contribution is -2.23. The van der Waals surface area contributed by atoms with Crippen molar-refractivity contribution in [1.29, 1.82) is 0 Å². The fraction of sp³-hybridized carbons (Fsp3) is 0.333. The first-order valence-corrected chi connectivity index (χ1v) is 5.78. The van der Waals surface area contributed by atoms with Crippen LogP contribution in [0.2, 0.25) is 0 Å². The average Bonchev–Trinajstić information content (AvgIpc) is 2.31. The molecule has 0 spiro atoms. The van der Waals surface area contributed by atoms with E-state index in [0.717, 1.165) is 18.5 Å². The lowest BCUT2D eigenvalue weighted by Gasteiger charge is -2.05. The quantitative estimate of drug-likeness (QED) is 0.256. The summed E-state index contributed by atoms with van der Waals surface area (Å²) in [6.07, 6.45) is 1.98. The number of carbonyl (C=O) groups excluding carboxylic acids is 1. The van der Waals surface area contributed by atoms with E-state index in [0.29, 0.717) is 18.7 Å². The van der Waals surface area contributed by atoms with E-state index in [9.17, 15) is 4.79 Å². The van der Waals surface area contributed by atoms with Crippen LogP contribution in [-0.2, 0) is 4.79 Å². The summed E-state index contributed by atoms with van der Waals surface area (Å²) in [4.78, 5) is 15.4. The van der Waals surface area contributed by atoms with Crippen LogP contribution >= 0.6 is 0 Å². The molecular formula is C12H19N5O. The van der Waals surface area contributed by atoms with Crippen LogP contribution in [0, 0.1) is 0 Å².